The Morgan fingerprint density at radius 3 is 1.30 bits per heavy atom. The lowest BCUT2D eigenvalue weighted by Gasteiger charge is -2.29. The lowest BCUT2D eigenvalue weighted by Crippen LogP contribution is -2.37. The molecule has 0 fully saturated rings. The molecular weight excluding hydrogens is 1050 g/mol. The molecule has 4 amide bonds. The van der Waals surface area contributed by atoms with Crippen LogP contribution in [0.1, 0.15) is 85.8 Å². The van der Waals surface area contributed by atoms with Gasteiger partial charge < -0.3 is 81.2 Å². The third kappa shape index (κ3) is 18.3. The smallest absolute Gasteiger partial charge is 0.405 e. The van der Waals surface area contributed by atoms with Crippen molar-refractivity contribution in [1.82, 2.24) is 0 Å². The van der Waals surface area contributed by atoms with E-state index in [9.17, 15) is 49.8 Å². The summed E-state index contributed by atoms with van der Waals surface area (Å²) in [4.78, 5) is 60.2. The third-order valence-corrected chi connectivity index (χ3v) is 14.3. The minimum atomic E-state index is -1.07. The second-order valence-corrected chi connectivity index (χ2v) is 20.7. The minimum absolute atomic E-state index is 0.0214. The van der Waals surface area contributed by atoms with Gasteiger partial charge in [-0.25, -0.2) is 9.59 Å². The molecule has 2 aromatic carbocycles. The van der Waals surface area contributed by atoms with E-state index in [1.807, 2.05) is 13.8 Å². The SMILES string of the molecule is COC1C[C@H](C)Cc2c(O)c(cc(O)c2N=CCC=Nc2c(O)cc3c(O)c2C[C@@H](C)C[C@H](OC)[C@H](O)[C@@H](C)C=C(C)[C@H](OC(N)=O)[C@@H](OC)C=CC=C(C)C(=O)N3)NC(=O)C(C)=CC=C[C@H](OC)[C@@H](OC(N)=O)C(C)=C[C@H](C)[C@H]1O. The summed E-state index contributed by atoms with van der Waals surface area (Å²) in [5.74, 6) is -4.56. The van der Waals surface area contributed by atoms with Crippen molar-refractivity contribution in [3.63, 3.8) is 0 Å². The number of amides is 4. The number of hydrogen-bond donors (Lipinski definition) is 10. The maximum Gasteiger partial charge on any atom is 0.405 e. The van der Waals surface area contributed by atoms with Gasteiger partial charge in [0.2, 0.25) is 0 Å². The van der Waals surface area contributed by atoms with Crippen molar-refractivity contribution in [2.45, 2.75) is 136 Å². The number of allylic oxidation sites excluding steroid dienone is 4. The number of phenolic OH excluding ortho intramolecular Hbond substituents is 4. The lowest BCUT2D eigenvalue weighted by molar-refractivity contribution is -0.113. The molecule has 444 valence electrons. The van der Waals surface area contributed by atoms with Gasteiger partial charge in [-0.3, -0.25) is 19.6 Å². The van der Waals surface area contributed by atoms with Crippen LogP contribution in [0.3, 0.4) is 0 Å². The highest BCUT2D eigenvalue weighted by atomic mass is 16.6. The number of nitrogens with two attached hydrogens (primary N) is 2. The van der Waals surface area contributed by atoms with Gasteiger partial charge in [-0.15, -0.1) is 0 Å². The summed E-state index contributed by atoms with van der Waals surface area (Å²) >= 11 is 0. The Hall–Kier alpha value is -7.34. The molecule has 1 unspecified atom stereocenters. The number of rotatable bonds is 10. The second-order valence-electron chi connectivity index (χ2n) is 20.7. The maximum absolute atomic E-state index is 13.5. The summed E-state index contributed by atoms with van der Waals surface area (Å²) < 4.78 is 33.7. The van der Waals surface area contributed by atoms with Crippen molar-refractivity contribution in [3.8, 4) is 23.0 Å². The molecule has 22 heteroatoms. The number of benzene rings is 2. The molecule has 0 aromatic heterocycles. The average Bonchev–Trinajstić information content (AvgIpc) is 3.44. The molecule has 12 atom stereocenters. The first-order chi connectivity index (χ1) is 38.3. The number of fused-ring (bicyclic) bond motifs is 4. The zero-order chi connectivity index (χ0) is 60.4. The summed E-state index contributed by atoms with van der Waals surface area (Å²) in [6.45, 7) is 13.7. The Balaban J connectivity index is 1.77. The van der Waals surface area contributed by atoms with Gasteiger partial charge in [0, 0.05) is 93.5 Å². The molecule has 81 heavy (non-hydrogen) atoms. The Bertz CT molecular complexity index is 2620. The van der Waals surface area contributed by atoms with E-state index in [4.69, 9.17) is 39.9 Å². The standard InChI is InChI=1S/C59H82N6O16/c1-30-22-38-48(42(66)28-40(52(38)70)64-56(72)32(3)16-13-18-44(76-9)54(80-58(60)74)36(7)26-34(5)50(68)46(24-30)78-11)62-20-15-21-63-49-39-23-31(2)25-47(79-12)51(69)35(6)27-37(8)55(81-59(61)75)45(77-10)19-14-17-33(4)57(73)65-41(53(39)71)29-43(49)67/h13-14,16-21,26-31,34-35,44-47,50-51,54-55,66-71H,15,22-25H2,1-12H3,(H2,60,74)(H2,61,75)(H,64,72)(H,65,73)/t30-,31-,34+,35+,44+,45+,46+,47?,50-,51-,54+,55+/m1/s1. The van der Waals surface area contributed by atoms with Crippen LogP contribution in [-0.2, 0) is 50.9 Å². The molecule has 2 aliphatic rings. The molecule has 2 aromatic rings. The van der Waals surface area contributed by atoms with E-state index in [0.717, 1.165) is 12.1 Å². The monoisotopic (exact) mass is 1130 g/mol. The highest BCUT2D eigenvalue weighted by Gasteiger charge is 2.33. The number of aliphatic hydroxyl groups is 2. The highest BCUT2D eigenvalue weighted by Crippen LogP contribution is 2.46. The van der Waals surface area contributed by atoms with Crippen molar-refractivity contribution in [2.24, 2.45) is 45.1 Å². The van der Waals surface area contributed by atoms with Crippen LogP contribution in [0.2, 0.25) is 0 Å². The third-order valence-electron chi connectivity index (χ3n) is 14.3. The number of primary amides is 2. The summed E-state index contributed by atoms with van der Waals surface area (Å²) in [7, 11) is 5.73. The van der Waals surface area contributed by atoms with E-state index in [-0.39, 0.29) is 100 Å². The highest BCUT2D eigenvalue weighted by molar-refractivity contribution is 6.05. The maximum atomic E-state index is 13.5. The Morgan fingerprint density at radius 1 is 0.617 bits per heavy atom. The van der Waals surface area contributed by atoms with Crippen LogP contribution >= 0.6 is 0 Å². The number of nitrogens with zero attached hydrogens (tertiary/aromatic N) is 2. The number of aromatic hydroxyl groups is 4. The van der Waals surface area contributed by atoms with Crippen molar-refractivity contribution < 1.29 is 78.2 Å². The summed E-state index contributed by atoms with van der Waals surface area (Å²) in [5, 5.41) is 75.3. The van der Waals surface area contributed by atoms with Crippen molar-refractivity contribution in [3.05, 3.63) is 94.2 Å². The average molecular weight is 1130 g/mol. The van der Waals surface area contributed by atoms with Crippen molar-refractivity contribution in [1.29, 1.82) is 0 Å². The Morgan fingerprint density at radius 2 is 0.975 bits per heavy atom. The molecule has 2 aliphatic heterocycles. The topological polar surface area (TPSA) is 346 Å². The predicted molar refractivity (Wildman–Crippen MR) is 308 cm³/mol. The molecule has 0 saturated carbocycles. The fourth-order valence-electron chi connectivity index (χ4n) is 9.81. The van der Waals surface area contributed by atoms with Gasteiger partial charge in [0.1, 0.15) is 46.6 Å². The fourth-order valence-corrected chi connectivity index (χ4v) is 9.81. The quantitative estimate of drug-likeness (QED) is 0.0467. The van der Waals surface area contributed by atoms with E-state index < -0.39 is 96.2 Å². The van der Waals surface area contributed by atoms with E-state index >= 15 is 0 Å². The summed E-state index contributed by atoms with van der Waals surface area (Å²) in [6.07, 6.45) is 6.61. The van der Waals surface area contributed by atoms with Crippen LogP contribution in [0.15, 0.2) is 93.0 Å². The lowest BCUT2D eigenvalue weighted by atomic mass is 9.87. The zero-order valence-corrected chi connectivity index (χ0v) is 48.2. The van der Waals surface area contributed by atoms with Crippen molar-refractivity contribution in [2.75, 3.05) is 39.1 Å². The van der Waals surface area contributed by atoms with Crippen LogP contribution in [0.25, 0.3) is 0 Å². The number of hydrogen-bond acceptors (Lipinski definition) is 18. The molecule has 0 saturated heterocycles. The van der Waals surface area contributed by atoms with Gasteiger partial charge in [0.25, 0.3) is 11.8 Å². The molecule has 4 bridgehead atoms. The molecule has 4 rings (SSSR count). The van der Waals surface area contributed by atoms with Gasteiger partial charge in [-0.2, -0.15) is 0 Å². The Kier molecular flexibility index (Phi) is 25.3. The fraction of sp³-hybridized carbons (Fsp3) is 0.492. The van der Waals surface area contributed by atoms with E-state index in [1.165, 1.54) is 79.0 Å². The number of carbonyl (C=O) groups excluding carboxylic acids is 4. The first-order valence-electron chi connectivity index (χ1n) is 26.6. The molecular formula is C59H82N6O16. The van der Waals surface area contributed by atoms with Crippen LogP contribution in [0, 0.1) is 23.7 Å². The molecule has 0 radical (unpaired) electrons. The van der Waals surface area contributed by atoms with Gasteiger partial charge in [0.15, 0.2) is 12.2 Å². The molecule has 12 N–H and O–H groups in total. The predicted octanol–water partition coefficient (Wildman–Crippen LogP) is 7.92. The summed E-state index contributed by atoms with van der Waals surface area (Å²) in [5.41, 5.74) is 12.4. The minimum Gasteiger partial charge on any atom is -0.506 e. The number of carbonyl (C=O) groups is 4. The molecule has 0 spiro atoms. The van der Waals surface area contributed by atoms with Crippen LogP contribution < -0.4 is 22.1 Å². The summed E-state index contributed by atoms with van der Waals surface area (Å²) in [6, 6.07) is 2.33. The number of ether oxygens (including phenoxy) is 6. The van der Waals surface area contributed by atoms with E-state index in [0.29, 0.717) is 11.1 Å². The molecule has 2 heterocycles. The van der Waals surface area contributed by atoms with Gasteiger partial charge in [-0.05, 0) is 76.4 Å². The zero-order valence-electron chi connectivity index (χ0n) is 48.2. The molecule has 22 nitrogen and oxygen atoms in total. The first-order valence-corrected chi connectivity index (χ1v) is 26.6. The van der Waals surface area contributed by atoms with Gasteiger partial charge in [0.05, 0.1) is 35.8 Å². The van der Waals surface area contributed by atoms with Gasteiger partial charge in [-0.1, -0.05) is 76.3 Å². The Labute approximate surface area is 473 Å². The number of nitrogens with one attached hydrogen (secondary N) is 2. The van der Waals surface area contributed by atoms with Crippen LogP contribution in [0.4, 0.5) is 32.3 Å². The van der Waals surface area contributed by atoms with Crippen LogP contribution in [-0.4, -0.2) is 144 Å². The van der Waals surface area contributed by atoms with Crippen molar-refractivity contribution >= 4 is 59.2 Å². The largest absolute Gasteiger partial charge is 0.506 e. The number of anilines is 2. The van der Waals surface area contributed by atoms with E-state index in [1.54, 1.807) is 52.0 Å². The van der Waals surface area contributed by atoms with Crippen LogP contribution in [0.5, 0.6) is 23.0 Å². The first kappa shape index (κ1) is 66.2. The number of aliphatic hydroxyl groups excluding tert-OH is 2. The molecule has 0 aliphatic carbocycles. The number of aliphatic imine (C=N–C) groups is 2. The van der Waals surface area contributed by atoms with Gasteiger partial charge >= 0.3 is 12.2 Å². The van der Waals surface area contributed by atoms with E-state index in [2.05, 4.69) is 20.6 Å². The number of phenols is 4. The normalized spacial score (nSPS) is 27.2. The number of methoxy groups -OCH3 is 4. The second kappa shape index (κ2) is 31.0.